The van der Waals surface area contributed by atoms with E-state index in [1.807, 2.05) is 36.6 Å². The topological polar surface area (TPSA) is 93.5 Å². The van der Waals surface area contributed by atoms with Crippen molar-refractivity contribution in [1.82, 2.24) is 14.9 Å². The second kappa shape index (κ2) is 11.1. The summed E-state index contributed by atoms with van der Waals surface area (Å²) in [6.45, 7) is 6.89. The van der Waals surface area contributed by atoms with Crippen LogP contribution in [-0.2, 0) is 4.79 Å². The minimum Gasteiger partial charge on any atom is -0.497 e. The predicted octanol–water partition coefficient (Wildman–Crippen LogP) is 4.67. The van der Waals surface area contributed by atoms with Crippen molar-refractivity contribution in [2.24, 2.45) is 11.3 Å². The molecule has 0 radical (unpaired) electrons. The van der Waals surface area contributed by atoms with Gasteiger partial charge in [-0.05, 0) is 56.6 Å². The summed E-state index contributed by atoms with van der Waals surface area (Å²) < 4.78 is 7.31. The van der Waals surface area contributed by atoms with E-state index in [2.05, 4.69) is 12.2 Å². The zero-order valence-electron chi connectivity index (χ0n) is 20.5. The lowest BCUT2D eigenvalue weighted by atomic mass is 9.69. The van der Waals surface area contributed by atoms with Crippen LogP contribution in [0.25, 0.3) is 11.0 Å². The molecule has 7 nitrogen and oxygen atoms in total. The van der Waals surface area contributed by atoms with E-state index < -0.39 is 11.5 Å². The molecular weight excluding hydrogens is 418 g/mol. The number of amides is 1. The van der Waals surface area contributed by atoms with E-state index in [9.17, 15) is 14.7 Å². The molecule has 0 saturated heterocycles. The molecule has 1 aliphatic rings. The number of hydrogen-bond acceptors (Lipinski definition) is 5. The number of nitrogens with one attached hydrogen (secondary N) is 1. The van der Waals surface area contributed by atoms with Crippen LogP contribution in [0.5, 0.6) is 5.75 Å². The monoisotopic (exact) mass is 457 g/mol. The highest BCUT2D eigenvalue weighted by atomic mass is 16.5. The van der Waals surface area contributed by atoms with E-state index in [-0.39, 0.29) is 24.2 Å². The molecule has 0 bridgehead atoms. The van der Waals surface area contributed by atoms with Gasteiger partial charge in [0.15, 0.2) is 5.82 Å². The summed E-state index contributed by atoms with van der Waals surface area (Å²) in [6.07, 6.45) is 6.38. The molecule has 1 unspecified atom stereocenters. The molecule has 7 heteroatoms. The minimum atomic E-state index is -0.552. The second-order valence-corrected chi connectivity index (χ2v) is 9.62. The van der Waals surface area contributed by atoms with Crippen LogP contribution in [-0.4, -0.2) is 46.6 Å². The molecule has 1 aromatic heterocycles. The number of aliphatic hydroxyl groups is 1. The van der Waals surface area contributed by atoms with Gasteiger partial charge in [0.1, 0.15) is 11.8 Å². The number of Topliss-reactive ketones (excluding diaryl/α,β-unsaturated/α-hetero) is 1. The number of benzene rings is 1. The molecular formula is C26H39N3O4. The number of methoxy groups -OCH3 is 1. The van der Waals surface area contributed by atoms with Gasteiger partial charge in [-0.2, -0.15) is 0 Å². The largest absolute Gasteiger partial charge is 0.497 e. The van der Waals surface area contributed by atoms with E-state index in [4.69, 9.17) is 9.72 Å². The molecule has 3 rings (SSSR count). The van der Waals surface area contributed by atoms with Crippen LogP contribution in [0.1, 0.15) is 88.8 Å². The Morgan fingerprint density at radius 1 is 1.27 bits per heavy atom. The number of imidazole rings is 1. The molecule has 0 aliphatic heterocycles. The molecule has 2 N–H and O–H groups in total. The molecule has 1 aromatic carbocycles. The van der Waals surface area contributed by atoms with E-state index in [0.29, 0.717) is 42.9 Å². The van der Waals surface area contributed by atoms with Gasteiger partial charge in [-0.15, -0.1) is 0 Å². The van der Waals surface area contributed by atoms with E-state index in [1.54, 1.807) is 7.11 Å². The third-order valence-electron chi connectivity index (χ3n) is 7.11. The quantitative estimate of drug-likeness (QED) is 0.478. The van der Waals surface area contributed by atoms with E-state index in [1.165, 1.54) is 0 Å². The molecule has 1 amide bonds. The molecule has 0 spiro atoms. The number of fused-ring (bicyclic) bond motifs is 1. The zero-order chi connectivity index (χ0) is 24.0. The zero-order valence-corrected chi connectivity index (χ0v) is 20.5. The average Bonchev–Trinajstić information content (AvgIpc) is 3.21. The minimum absolute atomic E-state index is 0.0150. The standard InChI is InChI=1S/C26H39N3O4/c1-5-7-8-21(25(32)27-15-6-2)29-22-16-19(33-4)9-10-20(22)28-24(29)23(31)26(3)13-11-18(17-30)12-14-26/h9-10,16,18,21,30H,5-8,11-15,17H2,1-4H3,(H,27,32). The first-order valence-corrected chi connectivity index (χ1v) is 12.4. The lowest BCUT2D eigenvalue weighted by Gasteiger charge is -2.35. The first-order valence-electron chi connectivity index (χ1n) is 12.4. The molecule has 33 heavy (non-hydrogen) atoms. The van der Waals surface area contributed by atoms with Gasteiger partial charge in [-0.1, -0.05) is 33.6 Å². The van der Waals surface area contributed by atoms with E-state index >= 15 is 0 Å². The SMILES string of the molecule is CCCCC(C(=O)NCCC)n1c(C(=O)C2(C)CCC(CO)CC2)nc2ccc(OC)cc21. The summed E-state index contributed by atoms with van der Waals surface area (Å²) in [5, 5.41) is 12.6. The van der Waals surface area contributed by atoms with Crippen LogP contribution in [0.3, 0.4) is 0 Å². The lowest BCUT2D eigenvalue weighted by molar-refractivity contribution is -0.124. The first kappa shape index (κ1) is 25.2. The van der Waals surface area contributed by atoms with Crippen molar-refractivity contribution in [2.45, 2.75) is 78.2 Å². The summed E-state index contributed by atoms with van der Waals surface area (Å²) in [5.41, 5.74) is 0.888. The van der Waals surface area contributed by atoms with Crippen LogP contribution < -0.4 is 10.1 Å². The smallest absolute Gasteiger partial charge is 0.243 e. The Labute approximate surface area is 196 Å². The molecule has 1 aliphatic carbocycles. The van der Waals surface area contributed by atoms with Gasteiger partial charge in [-0.25, -0.2) is 4.98 Å². The fourth-order valence-electron chi connectivity index (χ4n) is 4.81. The maximum Gasteiger partial charge on any atom is 0.243 e. The first-order chi connectivity index (χ1) is 15.9. The van der Waals surface area contributed by atoms with Crippen molar-refractivity contribution in [1.29, 1.82) is 0 Å². The van der Waals surface area contributed by atoms with Gasteiger partial charge < -0.3 is 19.7 Å². The van der Waals surface area contributed by atoms with Gasteiger partial charge in [0, 0.05) is 24.6 Å². The average molecular weight is 458 g/mol. The van der Waals surface area contributed by atoms with Gasteiger partial charge in [0.25, 0.3) is 0 Å². The van der Waals surface area contributed by atoms with Crippen LogP contribution >= 0.6 is 0 Å². The summed E-state index contributed by atoms with van der Waals surface area (Å²) >= 11 is 0. The third kappa shape index (κ3) is 5.40. The van der Waals surface area contributed by atoms with Gasteiger partial charge in [0.05, 0.1) is 18.1 Å². The Morgan fingerprint density at radius 2 is 2.00 bits per heavy atom. The van der Waals surface area contributed by atoms with Crippen molar-refractivity contribution in [3.05, 3.63) is 24.0 Å². The van der Waals surface area contributed by atoms with Crippen molar-refractivity contribution < 1.29 is 19.4 Å². The van der Waals surface area contributed by atoms with Gasteiger partial charge >= 0.3 is 0 Å². The van der Waals surface area contributed by atoms with Crippen LogP contribution in [0, 0.1) is 11.3 Å². The number of hydrogen-bond donors (Lipinski definition) is 2. The fourth-order valence-corrected chi connectivity index (χ4v) is 4.81. The Hall–Kier alpha value is -2.41. The molecule has 1 fully saturated rings. The highest BCUT2D eigenvalue weighted by molar-refractivity contribution is 6.01. The van der Waals surface area contributed by atoms with Crippen molar-refractivity contribution in [3.8, 4) is 5.75 Å². The summed E-state index contributed by atoms with van der Waals surface area (Å²) in [7, 11) is 1.61. The van der Waals surface area contributed by atoms with Crippen molar-refractivity contribution in [3.63, 3.8) is 0 Å². The summed E-state index contributed by atoms with van der Waals surface area (Å²) in [5.74, 6) is 1.19. The molecule has 1 atom stereocenters. The Kier molecular flexibility index (Phi) is 8.51. The Balaban J connectivity index is 2.11. The number of carbonyl (C=O) groups excluding carboxylic acids is 2. The molecule has 1 heterocycles. The van der Waals surface area contributed by atoms with Crippen molar-refractivity contribution >= 4 is 22.7 Å². The van der Waals surface area contributed by atoms with Gasteiger partial charge in [-0.3, -0.25) is 9.59 Å². The molecule has 182 valence electrons. The lowest BCUT2D eigenvalue weighted by Crippen LogP contribution is -2.38. The Morgan fingerprint density at radius 3 is 2.61 bits per heavy atom. The maximum atomic E-state index is 14.0. The third-order valence-corrected chi connectivity index (χ3v) is 7.11. The number of aliphatic hydroxyl groups excluding tert-OH is 1. The number of unbranched alkanes of at least 4 members (excludes halogenated alkanes) is 1. The second-order valence-electron chi connectivity index (χ2n) is 9.62. The highest BCUT2D eigenvalue weighted by Gasteiger charge is 2.41. The maximum absolute atomic E-state index is 14.0. The molecule has 1 saturated carbocycles. The number of nitrogens with zero attached hydrogens (tertiary/aromatic N) is 2. The highest BCUT2D eigenvalue weighted by Crippen LogP contribution is 2.42. The van der Waals surface area contributed by atoms with Crippen LogP contribution in [0.2, 0.25) is 0 Å². The van der Waals surface area contributed by atoms with Gasteiger partial charge in [0.2, 0.25) is 11.7 Å². The van der Waals surface area contributed by atoms with Crippen molar-refractivity contribution in [2.75, 3.05) is 20.3 Å². The number of carbonyl (C=O) groups is 2. The van der Waals surface area contributed by atoms with Crippen LogP contribution in [0.15, 0.2) is 18.2 Å². The summed E-state index contributed by atoms with van der Waals surface area (Å²) in [6, 6.07) is 5.05. The van der Waals surface area contributed by atoms with Crippen LogP contribution in [0.4, 0.5) is 0 Å². The number of ketones is 1. The number of rotatable bonds is 11. The fraction of sp³-hybridized carbons (Fsp3) is 0.654. The summed E-state index contributed by atoms with van der Waals surface area (Å²) in [4.78, 5) is 32.0. The predicted molar refractivity (Wildman–Crippen MR) is 130 cm³/mol. The van der Waals surface area contributed by atoms with E-state index in [0.717, 1.165) is 37.6 Å². The normalized spacial score (nSPS) is 21.7. The molecule has 2 aromatic rings. The number of aromatic nitrogens is 2. The number of ether oxygens (including phenoxy) is 1. The Bertz CT molecular complexity index is 960.